The number of carbonyl (C=O) groups is 1. The molecule has 0 saturated heterocycles. The molecule has 0 atom stereocenters. The van der Waals surface area contributed by atoms with Crippen LogP contribution in [0.1, 0.15) is 17.3 Å². The fourth-order valence-corrected chi connectivity index (χ4v) is 1.67. The van der Waals surface area contributed by atoms with E-state index in [0.29, 0.717) is 17.3 Å². The molecule has 21 heavy (non-hydrogen) atoms. The Morgan fingerprint density at radius 1 is 1.33 bits per heavy atom. The van der Waals surface area contributed by atoms with E-state index in [4.69, 9.17) is 4.52 Å². The molecule has 2 amide bonds. The van der Waals surface area contributed by atoms with Gasteiger partial charge in [0, 0.05) is 19.5 Å². The first-order valence-electron chi connectivity index (χ1n) is 6.29. The molecule has 0 fully saturated rings. The Morgan fingerprint density at radius 3 is 2.81 bits per heavy atom. The number of aromatic nitrogens is 2. The molecule has 0 aliphatic rings. The maximum absolute atomic E-state index is 13.4. The number of halogens is 2. The molecule has 2 N–H and O–H groups in total. The second-order valence-electron chi connectivity index (χ2n) is 4.32. The second-order valence-corrected chi connectivity index (χ2v) is 4.32. The highest BCUT2D eigenvalue weighted by Gasteiger charge is 2.06. The predicted molar refractivity (Wildman–Crippen MR) is 69.3 cm³/mol. The van der Waals surface area contributed by atoms with Crippen LogP contribution in [0.15, 0.2) is 22.7 Å². The summed E-state index contributed by atoms with van der Waals surface area (Å²) in [5.74, 6) is -0.469. The molecule has 2 aromatic rings. The third-order valence-corrected chi connectivity index (χ3v) is 2.67. The van der Waals surface area contributed by atoms with Crippen molar-refractivity contribution < 1.29 is 18.1 Å². The van der Waals surface area contributed by atoms with Gasteiger partial charge in [0.15, 0.2) is 5.82 Å². The normalized spacial score (nSPS) is 10.4. The van der Waals surface area contributed by atoms with E-state index in [1.54, 1.807) is 6.92 Å². The van der Waals surface area contributed by atoms with Gasteiger partial charge in [-0.3, -0.25) is 0 Å². The molecule has 0 unspecified atom stereocenters. The number of benzene rings is 1. The Hall–Kier alpha value is -2.51. The van der Waals surface area contributed by atoms with Crippen LogP contribution in [-0.4, -0.2) is 22.7 Å². The fraction of sp³-hybridized carbons (Fsp3) is 0.308. The number of hydrogen-bond donors (Lipinski definition) is 2. The van der Waals surface area contributed by atoms with Crippen LogP contribution in [0.4, 0.5) is 13.6 Å². The van der Waals surface area contributed by atoms with Crippen molar-refractivity contribution >= 4 is 6.03 Å². The topological polar surface area (TPSA) is 80.0 Å². The number of rotatable bonds is 5. The zero-order valence-corrected chi connectivity index (χ0v) is 11.3. The summed E-state index contributed by atoms with van der Waals surface area (Å²) in [6, 6.07) is 2.91. The SMILES string of the molecule is Cc1nc(CNC(=O)NCCc2ccc(F)cc2F)no1. The van der Waals surface area contributed by atoms with Crippen LogP contribution in [0, 0.1) is 18.6 Å². The summed E-state index contributed by atoms with van der Waals surface area (Å²) in [7, 11) is 0. The number of nitrogens with zero attached hydrogens (tertiary/aromatic N) is 2. The molecule has 8 heteroatoms. The quantitative estimate of drug-likeness (QED) is 0.880. The van der Waals surface area contributed by atoms with E-state index >= 15 is 0 Å². The fourth-order valence-electron chi connectivity index (χ4n) is 1.67. The highest BCUT2D eigenvalue weighted by molar-refractivity contribution is 5.73. The van der Waals surface area contributed by atoms with Crippen LogP contribution in [0.25, 0.3) is 0 Å². The van der Waals surface area contributed by atoms with Crippen LogP contribution in [0.3, 0.4) is 0 Å². The second kappa shape index (κ2) is 6.78. The van der Waals surface area contributed by atoms with Gasteiger partial charge in [-0.2, -0.15) is 4.98 Å². The van der Waals surface area contributed by atoms with E-state index in [2.05, 4.69) is 20.8 Å². The lowest BCUT2D eigenvalue weighted by Crippen LogP contribution is -2.36. The van der Waals surface area contributed by atoms with Gasteiger partial charge in [0.05, 0.1) is 6.54 Å². The first-order chi connectivity index (χ1) is 10.0. The summed E-state index contributed by atoms with van der Waals surface area (Å²) >= 11 is 0. The van der Waals surface area contributed by atoms with Crippen molar-refractivity contribution in [3.8, 4) is 0 Å². The smallest absolute Gasteiger partial charge is 0.315 e. The third kappa shape index (κ3) is 4.51. The van der Waals surface area contributed by atoms with E-state index in [1.165, 1.54) is 12.1 Å². The number of carbonyl (C=O) groups excluding carboxylic acids is 1. The number of aryl methyl sites for hydroxylation is 1. The lowest BCUT2D eigenvalue weighted by Gasteiger charge is -2.06. The van der Waals surface area contributed by atoms with Gasteiger partial charge in [0.2, 0.25) is 5.89 Å². The van der Waals surface area contributed by atoms with Gasteiger partial charge in [-0.1, -0.05) is 11.2 Å². The van der Waals surface area contributed by atoms with Crippen molar-refractivity contribution in [1.29, 1.82) is 0 Å². The number of hydrogen-bond acceptors (Lipinski definition) is 4. The van der Waals surface area contributed by atoms with Crippen molar-refractivity contribution in [1.82, 2.24) is 20.8 Å². The molecule has 0 radical (unpaired) electrons. The third-order valence-electron chi connectivity index (χ3n) is 2.67. The van der Waals surface area contributed by atoms with Crippen LogP contribution in [-0.2, 0) is 13.0 Å². The Labute approximate surface area is 119 Å². The van der Waals surface area contributed by atoms with Crippen molar-refractivity contribution in [2.75, 3.05) is 6.54 Å². The maximum atomic E-state index is 13.4. The molecule has 2 rings (SSSR count). The molecule has 0 saturated carbocycles. The average molecular weight is 296 g/mol. The predicted octanol–water partition coefficient (Wildman–Crippen LogP) is 1.70. The van der Waals surface area contributed by atoms with Gasteiger partial charge >= 0.3 is 6.03 Å². The molecule has 0 aliphatic heterocycles. The molecular formula is C13H14F2N4O2. The van der Waals surface area contributed by atoms with Crippen LogP contribution in [0.2, 0.25) is 0 Å². The average Bonchev–Trinajstić information content (AvgIpc) is 2.85. The van der Waals surface area contributed by atoms with Gasteiger partial charge in [0.25, 0.3) is 0 Å². The molecular weight excluding hydrogens is 282 g/mol. The van der Waals surface area contributed by atoms with E-state index < -0.39 is 17.7 Å². The number of urea groups is 1. The summed E-state index contributed by atoms with van der Waals surface area (Å²) in [4.78, 5) is 15.4. The van der Waals surface area contributed by atoms with Crippen LogP contribution < -0.4 is 10.6 Å². The zero-order chi connectivity index (χ0) is 15.2. The van der Waals surface area contributed by atoms with Crippen molar-refractivity contribution in [2.24, 2.45) is 0 Å². The molecule has 6 nitrogen and oxygen atoms in total. The summed E-state index contributed by atoms with van der Waals surface area (Å²) in [6.07, 6.45) is 0.265. The molecule has 112 valence electrons. The molecule has 1 aromatic carbocycles. The van der Waals surface area contributed by atoms with Gasteiger partial charge in [-0.25, -0.2) is 13.6 Å². The lowest BCUT2D eigenvalue weighted by molar-refractivity contribution is 0.240. The Kier molecular flexibility index (Phi) is 4.81. The standard InChI is InChI=1S/C13H14F2N4O2/c1-8-18-12(19-21-8)7-17-13(20)16-5-4-9-2-3-10(14)6-11(9)15/h2-3,6H,4-5,7H2,1H3,(H2,16,17,20). The van der Waals surface area contributed by atoms with Crippen LogP contribution in [0.5, 0.6) is 0 Å². The molecule has 0 aliphatic carbocycles. The number of nitrogens with one attached hydrogen (secondary N) is 2. The Morgan fingerprint density at radius 2 is 2.14 bits per heavy atom. The summed E-state index contributed by atoms with van der Waals surface area (Å²) in [5.41, 5.74) is 0.338. The molecule has 1 heterocycles. The van der Waals surface area contributed by atoms with E-state index in [0.717, 1.165) is 6.07 Å². The summed E-state index contributed by atoms with van der Waals surface area (Å²) in [5, 5.41) is 8.71. The van der Waals surface area contributed by atoms with Gasteiger partial charge in [0.1, 0.15) is 11.6 Å². The number of amides is 2. The summed E-state index contributed by atoms with van der Waals surface area (Å²) < 4.78 is 30.8. The first-order valence-corrected chi connectivity index (χ1v) is 6.29. The van der Waals surface area contributed by atoms with Gasteiger partial charge in [-0.05, 0) is 18.1 Å². The zero-order valence-electron chi connectivity index (χ0n) is 11.3. The van der Waals surface area contributed by atoms with E-state index in [-0.39, 0.29) is 19.5 Å². The Balaban J connectivity index is 1.71. The maximum Gasteiger partial charge on any atom is 0.315 e. The highest BCUT2D eigenvalue weighted by atomic mass is 19.1. The van der Waals surface area contributed by atoms with Crippen LogP contribution >= 0.6 is 0 Å². The van der Waals surface area contributed by atoms with E-state index in [9.17, 15) is 13.6 Å². The lowest BCUT2D eigenvalue weighted by atomic mass is 10.1. The van der Waals surface area contributed by atoms with Crippen molar-refractivity contribution in [3.63, 3.8) is 0 Å². The molecule has 0 bridgehead atoms. The first kappa shape index (κ1) is 14.9. The Bertz CT molecular complexity index is 630. The van der Waals surface area contributed by atoms with E-state index in [1.807, 2.05) is 0 Å². The van der Waals surface area contributed by atoms with Crippen molar-refractivity contribution in [3.05, 3.63) is 47.1 Å². The van der Waals surface area contributed by atoms with Gasteiger partial charge < -0.3 is 15.2 Å². The minimum atomic E-state index is -0.627. The van der Waals surface area contributed by atoms with Gasteiger partial charge in [-0.15, -0.1) is 0 Å². The monoisotopic (exact) mass is 296 g/mol. The largest absolute Gasteiger partial charge is 0.340 e. The minimum Gasteiger partial charge on any atom is -0.340 e. The highest BCUT2D eigenvalue weighted by Crippen LogP contribution is 2.09. The van der Waals surface area contributed by atoms with Crippen molar-refractivity contribution in [2.45, 2.75) is 19.9 Å². The summed E-state index contributed by atoms with van der Waals surface area (Å²) in [6.45, 7) is 2.00. The minimum absolute atomic E-state index is 0.133. The molecule has 1 aromatic heterocycles. The molecule has 0 spiro atoms.